The lowest BCUT2D eigenvalue weighted by Crippen LogP contribution is -2.35. The minimum absolute atomic E-state index is 0.0678. The van der Waals surface area contributed by atoms with Crippen LogP contribution in [0.1, 0.15) is 25.8 Å². The van der Waals surface area contributed by atoms with Gasteiger partial charge in [0.15, 0.2) is 0 Å². The maximum absolute atomic E-state index is 12.0. The Morgan fingerprint density at radius 3 is 2.48 bits per heavy atom. The van der Waals surface area contributed by atoms with E-state index in [0.29, 0.717) is 18.5 Å². The zero-order valence-corrected chi connectivity index (χ0v) is 12.2. The molecule has 1 rings (SSSR count). The maximum Gasteiger partial charge on any atom is 0.387 e. The zero-order chi connectivity index (χ0) is 15.9. The minimum atomic E-state index is -2.85. The van der Waals surface area contributed by atoms with Gasteiger partial charge < -0.3 is 15.2 Å². The lowest BCUT2D eigenvalue weighted by Gasteiger charge is -2.23. The number of benzene rings is 1. The summed E-state index contributed by atoms with van der Waals surface area (Å²) in [7, 11) is 0. The lowest BCUT2D eigenvalue weighted by atomic mass is 9.89. The third-order valence-corrected chi connectivity index (χ3v) is 3.07. The average Bonchev–Trinajstić information content (AvgIpc) is 2.38. The Labute approximate surface area is 123 Å². The van der Waals surface area contributed by atoms with Gasteiger partial charge in [0.2, 0.25) is 5.91 Å². The quantitative estimate of drug-likeness (QED) is 0.775. The van der Waals surface area contributed by atoms with E-state index in [1.807, 2.05) is 13.8 Å². The third-order valence-electron chi connectivity index (χ3n) is 3.07. The highest BCUT2D eigenvalue weighted by atomic mass is 19.3. The monoisotopic (exact) mass is 301 g/mol. The average molecular weight is 301 g/mol. The SMILES string of the molecule is CC(C)(CCO)CNC(=O)Cc1ccc(OC(F)F)cc1. The van der Waals surface area contributed by atoms with E-state index < -0.39 is 6.61 Å². The van der Waals surface area contributed by atoms with Crippen molar-refractivity contribution in [1.29, 1.82) is 0 Å². The molecule has 0 aliphatic heterocycles. The van der Waals surface area contributed by atoms with Gasteiger partial charge in [0.05, 0.1) is 6.42 Å². The first-order valence-electron chi connectivity index (χ1n) is 6.74. The first-order chi connectivity index (χ1) is 9.82. The Bertz CT molecular complexity index is 447. The van der Waals surface area contributed by atoms with Crippen molar-refractivity contribution >= 4 is 5.91 Å². The molecule has 118 valence electrons. The molecule has 1 aromatic carbocycles. The Morgan fingerprint density at radius 2 is 1.95 bits per heavy atom. The van der Waals surface area contributed by atoms with Crippen LogP contribution in [0.25, 0.3) is 0 Å². The molecule has 1 aromatic rings. The number of carbonyl (C=O) groups is 1. The molecule has 0 bridgehead atoms. The highest BCUT2D eigenvalue weighted by Crippen LogP contribution is 2.18. The van der Waals surface area contributed by atoms with E-state index >= 15 is 0 Å². The fourth-order valence-electron chi connectivity index (χ4n) is 1.77. The van der Waals surface area contributed by atoms with Crippen molar-refractivity contribution in [3.8, 4) is 5.75 Å². The maximum atomic E-state index is 12.0. The summed E-state index contributed by atoms with van der Waals surface area (Å²) in [6.07, 6.45) is 0.775. The summed E-state index contributed by atoms with van der Waals surface area (Å²) in [6.45, 7) is 1.61. The van der Waals surface area contributed by atoms with Gasteiger partial charge in [-0.15, -0.1) is 0 Å². The van der Waals surface area contributed by atoms with Gasteiger partial charge in [-0.25, -0.2) is 0 Å². The smallest absolute Gasteiger partial charge is 0.387 e. The molecule has 0 atom stereocenters. The van der Waals surface area contributed by atoms with Crippen molar-refractivity contribution in [1.82, 2.24) is 5.32 Å². The molecule has 0 spiro atoms. The van der Waals surface area contributed by atoms with E-state index in [4.69, 9.17) is 5.11 Å². The molecule has 0 aliphatic carbocycles. The van der Waals surface area contributed by atoms with E-state index in [2.05, 4.69) is 10.1 Å². The van der Waals surface area contributed by atoms with Gasteiger partial charge in [-0.05, 0) is 29.5 Å². The van der Waals surface area contributed by atoms with Crippen molar-refractivity contribution < 1.29 is 23.4 Å². The molecule has 0 unspecified atom stereocenters. The Morgan fingerprint density at radius 1 is 1.33 bits per heavy atom. The third kappa shape index (κ3) is 7.04. The van der Waals surface area contributed by atoms with E-state index in [1.54, 1.807) is 12.1 Å². The molecule has 2 N–H and O–H groups in total. The number of aliphatic hydroxyl groups is 1. The number of hydrogen-bond acceptors (Lipinski definition) is 3. The fourth-order valence-corrected chi connectivity index (χ4v) is 1.77. The van der Waals surface area contributed by atoms with Gasteiger partial charge in [-0.3, -0.25) is 4.79 Å². The van der Waals surface area contributed by atoms with Gasteiger partial charge in [0, 0.05) is 13.2 Å². The van der Waals surface area contributed by atoms with Gasteiger partial charge in [0.25, 0.3) is 0 Å². The van der Waals surface area contributed by atoms with Crippen LogP contribution in [0.5, 0.6) is 5.75 Å². The summed E-state index contributed by atoms with van der Waals surface area (Å²) in [4.78, 5) is 11.8. The van der Waals surface area contributed by atoms with Crippen LogP contribution in [0.4, 0.5) is 8.78 Å². The molecule has 0 saturated carbocycles. The number of hydrogen-bond donors (Lipinski definition) is 2. The summed E-state index contributed by atoms with van der Waals surface area (Å²) < 4.78 is 28.2. The Hall–Kier alpha value is -1.69. The van der Waals surface area contributed by atoms with E-state index in [1.165, 1.54) is 12.1 Å². The highest BCUT2D eigenvalue weighted by molar-refractivity contribution is 5.78. The molecule has 6 heteroatoms. The summed E-state index contributed by atoms with van der Waals surface area (Å²) in [5.41, 5.74) is 0.549. The predicted octanol–water partition coefficient (Wildman–Crippen LogP) is 2.36. The largest absolute Gasteiger partial charge is 0.435 e. The van der Waals surface area contributed by atoms with Crippen LogP contribution < -0.4 is 10.1 Å². The summed E-state index contributed by atoms with van der Waals surface area (Å²) in [6, 6.07) is 5.97. The molecule has 0 heterocycles. The van der Waals surface area contributed by atoms with Gasteiger partial charge in [0.1, 0.15) is 5.75 Å². The number of nitrogens with one attached hydrogen (secondary N) is 1. The second-order valence-electron chi connectivity index (χ2n) is 5.61. The van der Waals surface area contributed by atoms with Crippen LogP contribution in [0, 0.1) is 5.41 Å². The summed E-state index contributed by atoms with van der Waals surface area (Å²) in [5.74, 6) is -0.0817. The normalized spacial score (nSPS) is 11.5. The molecule has 1 amide bonds. The molecular formula is C15H21F2NO3. The second-order valence-corrected chi connectivity index (χ2v) is 5.61. The zero-order valence-electron chi connectivity index (χ0n) is 12.2. The van der Waals surface area contributed by atoms with Crippen molar-refractivity contribution in [2.24, 2.45) is 5.41 Å². The molecule has 21 heavy (non-hydrogen) atoms. The molecule has 0 fully saturated rings. The van der Waals surface area contributed by atoms with Crippen LogP contribution in [0.3, 0.4) is 0 Å². The number of alkyl halides is 2. The van der Waals surface area contributed by atoms with Gasteiger partial charge in [-0.2, -0.15) is 8.78 Å². The summed E-state index contributed by atoms with van der Waals surface area (Å²) >= 11 is 0. The Balaban J connectivity index is 2.44. The van der Waals surface area contributed by atoms with Gasteiger partial charge >= 0.3 is 6.61 Å². The minimum Gasteiger partial charge on any atom is -0.435 e. The molecule has 0 radical (unpaired) electrons. The molecule has 0 aromatic heterocycles. The van der Waals surface area contributed by atoms with Crippen LogP contribution in [-0.4, -0.2) is 30.8 Å². The van der Waals surface area contributed by atoms with Crippen molar-refractivity contribution in [3.63, 3.8) is 0 Å². The fraction of sp³-hybridized carbons (Fsp3) is 0.533. The van der Waals surface area contributed by atoms with Crippen LogP contribution >= 0.6 is 0 Å². The van der Waals surface area contributed by atoms with Crippen LogP contribution in [0.15, 0.2) is 24.3 Å². The first kappa shape index (κ1) is 17.4. The number of aliphatic hydroxyl groups excluding tert-OH is 1. The topological polar surface area (TPSA) is 58.6 Å². The van der Waals surface area contributed by atoms with Gasteiger partial charge in [-0.1, -0.05) is 26.0 Å². The number of carbonyl (C=O) groups excluding carboxylic acids is 1. The van der Waals surface area contributed by atoms with Crippen LogP contribution in [0.2, 0.25) is 0 Å². The number of amides is 1. The van der Waals surface area contributed by atoms with E-state index in [0.717, 1.165) is 0 Å². The number of rotatable bonds is 8. The second kappa shape index (κ2) is 7.93. The number of halogens is 2. The Kier molecular flexibility index (Phi) is 6.55. The summed E-state index contributed by atoms with van der Waals surface area (Å²) in [5, 5.41) is 11.7. The predicted molar refractivity (Wildman–Crippen MR) is 75.3 cm³/mol. The van der Waals surface area contributed by atoms with Crippen molar-refractivity contribution in [2.75, 3.05) is 13.2 Å². The molecule has 4 nitrogen and oxygen atoms in total. The van der Waals surface area contributed by atoms with E-state index in [-0.39, 0.29) is 30.1 Å². The molecule has 0 saturated heterocycles. The first-order valence-corrected chi connectivity index (χ1v) is 6.74. The van der Waals surface area contributed by atoms with Crippen molar-refractivity contribution in [2.45, 2.75) is 33.3 Å². The highest BCUT2D eigenvalue weighted by Gasteiger charge is 2.18. The number of ether oxygens (including phenoxy) is 1. The molecular weight excluding hydrogens is 280 g/mol. The van der Waals surface area contributed by atoms with Crippen molar-refractivity contribution in [3.05, 3.63) is 29.8 Å². The van der Waals surface area contributed by atoms with E-state index in [9.17, 15) is 13.6 Å². The lowest BCUT2D eigenvalue weighted by molar-refractivity contribution is -0.120. The standard InChI is InChI=1S/C15H21F2NO3/c1-15(2,7-8-19)10-18-13(20)9-11-3-5-12(6-4-11)21-14(16)17/h3-6,14,19H,7-10H2,1-2H3,(H,18,20). The van der Waals surface area contributed by atoms with Crippen LogP contribution in [-0.2, 0) is 11.2 Å². The molecule has 0 aliphatic rings.